The maximum atomic E-state index is 12.7. The molecule has 0 bridgehead atoms. The van der Waals surface area contributed by atoms with Crippen LogP contribution in [-0.4, -0.2) is 23.6 Å². The molecule has 0 radical (unpaired) electrons. The highest BCUT2D eigenvalue weighted by Gasteiger charge is 2.15. The predicted octanol–water partition coefficient (Wildman–Crippen LogP) is 9.24. The molecule has 4 aromatic carbocycles. The van der Waals surface area contributed by atoms with E-state index >= 15 is 0 Å². The fraction of sp³-hybridized carbons (Fsp3) is 0.282. The van der Waals surface area contributed by atoms with Gasteiger partial charge >= 0.3 is 5.97 Å². The molecular formula is C39H41NO5. The van der Waals surface area contributed by atoms with Crippen LogP contribution in [0.4, 0.5) is 5.69 Å². The van der Waals surface area contributed by atoms with E-state index in [9.17, 15) is 9.59 Å². The molecular weight excluding hydrogens is 562 g/mol. The van der Waals surface area contributed by atoms with Crippen LogP contribution in [0.2, 0.25) is 0 Å². The number of amides is 1. The maximum Gasteiger partial charge on any atom is 0.303 e. The summed E-state index contributed by atoms with van der Waals surface area (Å²) in [6, 6.07) is 32.9. The van der Waals surface area contributed by atoms with Crippen molar-refractivity contribution in [2.45, 2.75) is 64.7 Å². The molecule has 1 amide bonds. The van der Waals surface area contributed by atoms with Gasteiger partial charge in [0.25, 0.3) is 0 Å². The van der Waals surface area contributed by atoms with Gasteiger partial charge in [0.1, 0.15) is 17.1 Å². The SMILES string of the molecule is CCCCc1oc2ccccc2c1Cc1ccc(-c2ccc(OCCCc3ccccc3)c(NC(=O)CCCC(=O)O)c2)cc1. The number of unbranched alkanes of at least 4 members (excludes halogenated alkanes) is 1. The minimum absolute atomic E-state index is 0.0443. The van der Waals surface area contributed by atoms with Gasteiger partial charge < -0.3 is 19.6 Å². The van der Waals surface area contributed by atoms with Crippen LogP contribution in [-0.2, 0) is 28.9 Å². The monoisotopic (exact) mass is 603 g/mol. The van der Waals surface area contributed by atoms with Crippen LogP contribution in [0.15, 0.2) is 101 Å². The van der Waals surface area contributed by atoms with E-state index in [2.05, 4.69) is 60.8 Å². The van der Waals surface area contributed by atoms with E-state index < -0.39 is 5.97 Å². The molecule has 0 atom stereocenters. The van der Waals surface area contributed by atoms with Gasteiger partial charge in [-0.15, -0.1) is 0 Å². The van der Waals surface area contributed by atoms with Crippen LogP contribution in [0, 0.1) is 0 Å². The van der Waals surface area contributed by atoms with E-state index in [0.29, 0.717) is 18.0 Å². The number of furan rings is 1. The van der Waals surface area contributed by atoms with Crippen LogP contribution >= 0.6 is 0 Å². The number of anilines is 1. The molecule has 232 valence electrons. The Morgan fingerprint density at radius 1 is 0.778 bits per heavy atom. The molecule has 1 heterocycles. The molecule has 6 nitrogen and oxygen atoms in total. The molecule has 5 aromatic rings. The number of aryl methyl sites for hydroxylation is 2. The highest BCUT2D eigenvalue weighted by Crippen LogP contribution is 2.33. The Morgan fingerprint density at radius 2 is 1.53 bits per heavy atom. The molecule has 0 unspecified atom stereocenters. The summed E-state index contributed by atoms with van der Waals surface area (Å²) >= 11 is 0. The molecule has 0 fully saturated rings. The summed E-state index contributed by atoms with van der Waals surface area (Å²) in [5, 5.41) is 13.1. The number of hydrogen-bond donors (Lipinski definition) is 2. The first-order valence-corrected chi connectivity index (χ1v) is 15.9. The molecule has 0 spiro atoms. The standard InChI is InChI=1S/C39H41NO5/c1-2-3-15-36-33(32-14-7-8-16-35(32)45-36)26-29-19-21-30(22-20-29)31-23-24-37(44-25-10-13-28-11-5-4-6-12-28)34(27-31)40-38(41)17-9-18-39(42)43/h4-8,11-12,14,16,19-24,27H,2-3,9-10,13,15,17-18,25-26H2,1H3,(H,40,41)(H,42,43). The third-order valence-corrected chi connectivity index (χ3v) is 7.97. The third-order valence-electron chi connectivity index (χ3n) is 7.97. The number of carbonyl (C=O) groups is 2. The number of carbonyl (C=O) groups excluding carboxylic acids is 1. The second kappa shape index (κ2) is 15.8. The first-order chi connectivity index (χ1) is 22.0. The van der Waals surface area contributed by atoms with Crippen LogP contribution < -0.4 is 10.1 Å². The first-order valence-electron chi connectivity index (χ1n) is 15.9. The Balaban J connectivity index is 1.31. The molecule has 2 N–H and O–H groups in total. The number of nitrogens with one attached hydrogen (secondary N) is 1. The van der Waals surface area contributed by atoms with Gasteiger partial charge in [-0.3, -0.25) is 9.59 Å². The fourth-order valence-corrected chi connectivity index (χ4v) is 5.55. The van der Waals surface area contributed by atoms with E-state index in [-0.39, 0.29) is 25.2 Å². The Kier molecular flexibility index (Phi) is 11.1. The molecule has 1 aromatic heterocycles. The van der Waals surface area contributed by atoms with Crippen molar-refractivity contribution in [3.63, 3.8) is 0 Å². The lowest BCUT2D eigenvalue weighted by atomic mass is 9.97. The van der Waals surface area contributed by atoms with E-state index in [1.54, 1.807) is 0 Å². The first kappa shape index (κ1) is 31.6. The maximum absolute atomic E-state index is 12.7. The van der Waals surface area contributed by atoms with Crippen molar-refractivity contribution in [3.05, 3.63) is 120 Å². The highest BCUT2D eigenvalue weighted by atomic mass is 16.5. The summed E-state index contributed by atoms with van der Waals surface area (Å²) in [5.41, 5.74) is 7.22. The lowest BCUT2D eigenvalue weighted by Crippen LogP contribution is -2.13. The largest absolute Gasteiger partial charge is 0.491 e. The Morgan fingerprint density at radius 3 is 2.31 bits per heavy atom. The topological polar surface area (TPSA) is 88.8 Å². The number of fused-ring (bicyclic) bond motifs is 1. The number of benzene rings is 4. The zero-order valence-electron chi connectivity index (χ0n) is 25.9. The van der Waals surface area contributed by atoms with E-state index in [1.807, 2.05) is 48.5 Å². The zero-order chi connectivity index (χ0) is 31.4. The van der Waals surface area contributed by atoms with Gasteiger partial charge in [-0.1, -0.05) is 92.2 Å². The number of ether oxygens (including phenoxy) is 1. The van der Waals surface area contributed by atoms with Crippen molar-refractivity contribution in [2.24, 2.45) is 0 Å². The smallest absolute Gasteiger partial charge is 0.303 e. The molecule has 0 aliphatic carbocycles. The van der Waals surface area contributed by atoms with Gasteiger partial charge in [0, 0.05) is 36.6 Å². The Labute approximate surface area is 265 Å². The zero-order valence-corrected chi connectivity index (χ0v) is 25.9. The molecule has 5 rings (SSSR count). The summed E-state index contributed by atoms with van der Waals surface area (Å²) in [5.74, 6) is 0.532. The van der Waals surface area contributed by atoms with Crippen LogP contribution in [0.25, 0.3) is 22.1 Å². The Hall–Kier alpha value is -4.84. The van der Waals surface area contributed by atoms with Gasteiger partial charge in [-0.05, 0) is 66.1 Å². The highest BCUT2D eigenvalue weighted by molar-refractivity contribution is 5.93. The minimum atomic E-state index is -0.908. The van der Waals surface area contributed by atoms with Gasteiger partial charge in [0.05, 0.1) is 12.3 Å². The molecule has 0 aliphatic heterocycles. The van der Waals surface area contributed by atoms with E-state index in [0.717, 1.165) is 61.0 Å². The number of para-hydroxylation sites is 1. The van der Waals surface area contributed by atoms with Crippen molar-refractivity contribution in [1.29, 1.82) is 0 Å². The number of carboxylic acids is 1. The van der Waals surface area contributed by atoms with Crippen LogP contribution in [0.1, 0.15) is 67.9 Å². The average molecular weight is 604 g/mol. The fourth-order valence-electron chi connectivity index (χ4n) is 5.55. The lowest BCUT2D eigenvalue weighted by Gasteiger charge is -2.15. The summed E-state index contributed by atoms with van der Waals surface area (Å²) < 4.78 is 12.4. The molecule has 0 saturated carbocycles. The molecule has 6 heteroatoms. The molecule has 0 aliphatic rings. The van der Waals surface area contributed by atoms with Crippen molar-refractivity contribution in [1.82, 2.24) is 0 Å². The molecule has 0 saturated heterocycles. The van der Waals surface area contributed by atoms with Crippen molar-refractivity contribution in [3.8, 4) is 16.9 Å². The quantitative estimate of drug-likeness (QED) is 0.110. The normalized spacial score (nSPS) is 11.0. The molecule has 45 heavy (non-hydrogen) atoms. The van der Waals surface area contributed by atoms with Gasteiger partial charge in [0.2, 0.25) is 5.91 Å². The second-order valence-electron chi connectivity index (χ2n) is 11.4. The van der Waals surface area contributed by atoms with Gasteiger partial charge in [0.15, 0.2) is 0 Å². The van der Waals surface area contributed by atoms with Crippen LogP contribution in [0.3, 0.4) is 0 Å². The number of hydrogen-bond acceptors (Lipinski definition) is 4. The van der Waals surface area contributed by atoms with Crippen LogP contribution in [0.5, 0.6) is 5.75 Å². The number of carboxylic acid groups (broad SMARTS) is 1. The predicted molar refractivity (Wildman–Crippen MR) is 180 cm³/mol. The Bertz CT molecular complexity index is 1710. The number of aliphatic carboxylic acids is 1. The van der Waals surface area contributed by atoms with Gasteiger partial charge in [-0.2, -0.15) is 0 Å². The third kappa shape index (κ3) is 8.85. The second-order valence-corrected chi connectivity index (χ2v) is 11.4. The summed E-state index contributed by atoms with van der Waals surface area (Å²) in [7, 11) is 0. The summed E-state index contributed by atoms with van der Waals surface area (Å²) in [4.78, 5) is 23.6. The van der Waals surface area contributed by atoms with Crippen molar-refractivity contribution < 1.29 is 23.8 Å². The van der Waals surface area contributed by atoms with E-state index in [1.165, 1.54) is 22.1 Å². The minimum Gasteiger partial charge on any atom is -0.491 e. The lowest BCUT2D eigenvalue weighted by molar-refractivity contribution is -0.137. The summed E-state index contributed by atoms with van der Waals surface area (Å²) in [6.07, 6.45) is 6.04. The van der Waals surface area contributed by atoms with Crippen molar-refractivity contribution in [2.75, 3.05) is 11.9 Å². The average Bonchev–Trinajstić information content (AvgIpc) is 3.40. The van der Waals surface area contributed by atoms with Gasteiger partial charge in [-0.25, -0.2) is 0 Å². The summed E-state index contributed by atoms with van der Waals surface area (Å²) in [6.45, 7) is 2.70. The van der Waals surface area contributed by atoms with E-state index in [4.69, 9.17) is 14.3 Å². The van der Waals surface area contributed by atoms with Crippen molar-refractivity contribution >= 4 is 28.5 Å². The number of rotatable bonds is 16.